The van der Waals surface area contributed by atoms with Crippen LogP contribution in [0.5, 0.6) is 0 Å². The van der Waals surface area contributed by atoms with E-state index in [9.17, 15) is 14.0 Å². The van der Waals surface area contributed by atoms with Crippen LogP contribution < -0.4 is 5.32 Å². The Morgan fingerprint density at radius 3 is 2.37 bits per heavy atom. The van der Waals surface area contributed by atoms with E-state index in [1.165, 1.54) is 0 Å². The van der Waals surface area contributed by atoms with Gasteiger partial charge in [-0.15, -0.1) is 0 Å². The first-order chi connectivity index (χ1) is 8.86. The molecular formula is C14H18FNO3. The highest BCUT2D eigenvalue weighted by Crippen LogP contribution is 2.22. The third kappa shape index (κ3) is 4.35. The molecule has 1 amide bonds. The lowest BCUT2D eigenvalue weighted by atomic mass is 9.84. The minimum absolute atomic E-state index is 0.457. The van der Waals surface area contributed by atoms with E-state index in [-0.39, 0.29) is 0 Å². The van der Waals surface area contributed by atoms with Crippen LogP contribution in [0.1, 0.15) is 19.4 Å². The van der Waals surface area contributed by atoms with Crippen molar-refractivity contribution in [3.05, 3.63) is 35.9 Å². The minimum atomic E-state index is -1.48. The van der Waals surface area contributed by atoms with Gasteiger partial charge >= 0.3 is 5.97 Å². The van der Waals surface area contributed by atoms with Crippen molar-refractivity contribution in [3.8, 4) is 0 Å². The fraction of sp³-hybridized carbons (Fsp3) is 0.429. The second-order valence-electron chi connectivity index (χ2n) is 5.06. The fourth-order valence-electron chi connectivity index (χ4n) is 1.71. The number of carboxylic acids is 1. The lowest BCUT2D eigenvalue weighted by Gasteiger charge is -2.25. The average molecular weight is 267 g/mol. The minimum Gasteiger partial charge on any atom is -0.480 e. The van der Waals surface area contributed by atoms with Crippen molar-refractivity contribution in [1.29, 1.82) is 0 Å². The van der Waals surface area contributed by atoms with Gasteiger partial charge in [0, 0.05) is 5.41 Å². The number of hydrogen-bond donors (Lipinski definition) is 2. The van der Waals surface area contributed by atoms with Gasteiger partial charge in [-0.3, -0.25) is 4.79 Å². The molecule has 0 heterocycles. The van der Waals surface area contributed by atoms with Gasteiger partial charge in [0.1, 0.15) is 6.67 Å². The van der Waals surface area contributed by atoms with Crippen LogP contribution in [-0.4, -0.2) is 29.7 Å². The van der Waals surface area contributed by atoms with Crippen molar-refractivity contribution in [2.24, 2.45) is 5.41 Å². The predicted molar refractivity (Wildman–Crippen MR) is 69.5 cm³/mol. The summed E-state index contributed by atoms with van der Waals surface area (Å²) in [5.74, 6) is -1.84. The first kappa shape index (κ1) is 15.1. The maximum atomic E-state index is 12.5. The Morgan fingerprint density at radius 1 is 1.32 bits per heavy atom. The molecule has 0 bridgehead atoms. The third-order valence-corrected chi connectivity index (χ3v) is 2.86. The highest BCUT2D eigenvalue weighted by atomic mass is 19.1. The first-order valence-corrected chi connectivity index (χ1v) is 6.00. The smallest absolute Gasteiger partial charge is 0.328 e. The summed E-state index contributed by atoms with van der Waals surface area (Å²) in [4.78, 5) is 22.7. The Kier molecular flexibility index (Phi) is 5.03. The Labute approximate surface area is 111 Å². The number of carbonyl (C=O) groups is 2. The Bertz CT molecular complexity index is 445. The molecule has 0 aliphatic carbocycles. The van der Waals surface area contributed by atoms with Crippen molar-refractivity contribution in [1.82, 2.24) is 5.32 Å². The molecule has 104 valence electrons. The number of nitrogens with one attached hydrogen (secondary N) is 1. The second kappa shape index (κ2) is 6.31. The molecule has 1 rings (SSSR count). The Morgan fingerprint density at radius 2 is 1.89 bits per heavy atom. The van der Waals surface area contributed by atoms with Crippen LogP contribution in [0, 0.1) is 5.41 Å². The van der Waals surface area contributed by atoms with Gasteiger partial charge in [0.2, 0.25) is 5.91 Å². The topological polar surface area (TPSA) is 66.4 Å². The lowest BCUT2D eigenvalue weighted by molar-refractivity contribution is -0.143. The van der Waals surface area contributed by atoms with Crippen LogP contribution in [0.2, 0.25) is 0 Å². The van der Waals surface area contributed by atoms with E-state index >= 15 is 0 Å². The van der Waals surface area contributed by atoms with E-state index in [2.05, 4.69) is 5.32 Å². The SMILES string of the molecule is CC(C)(Cc1ccccc1)C(=O)NC(CF)C(=O)O. The molecule has 0 saturated carbocycles. The molecule has 0 aliphatic heterocycles. The summed E-state index contributed by atoms with van der Waals surface area (Å²) in [6, 6.07) is 7.90. The molecule has 0 fully saturated rings. The maximum absolute atomic E-state index is 12.5. The summed E-state index contributed by atoms with van der Waals surface area (Å²) in [5, 5.41) is 10.9. The molecule has 5 heteroatoms. The average Bonchev–Trinajstić information content (AvgIpc) is 2.35. The molecule has 19 heavy (non-hydrogen) atoms. The Balaban J connectivity index is 2.71. The molecule has 4 nitrogen and oxygen atoms in total. The maximum Gasteiger partial charge on any atom is 0.328 e. The molecule has 0 saturated heterocycles. The summed E-state index contributed by atoms with van der Waals surface area (Å²) in [5.41, 5.74) is 0.166. The van der Waals surface area contributed by atoms with Gasteiger partial charge in [0.25, 0.3) is 0 Å². The van der Waals surface area contributed by atoms with Crippen molar-refractivity contribution < 1.29 is 19.1 Å². The second-order valence-corrected chi connectivity index (χ2v) is 5.06. The van der Waals surface area contributed by atoms with Crippen molar-refractivity contribution >= 4 is 11.9 Å². The van der Waals surface area contributed by atoms with E-state index in [1.54, 1.807) is 13.8 Å². The van der Waals surface area contributed by atoms with Crippen molar-refractivity contribution in [3.63, 3.8) is 0 Å². The van der Waals surface area contributed by atoms with Gasteiger partial charge in [-0.25, -0.2) is 9.18 Å². The predicted octanol–water partition coefficient (Wildman–Crippen LogP) is 1.79. The van der Waals surface area contributed by atoms with Crippen molar-refractivity contribution in [2.75, 3.05) is 6.67 Å². The molecule has 0 aromatic heterocycles. The molecule has 0 radical (unpaired) electrons. The number of rotatable bonds is 6. The molecule has 2 N–H and O–H groups in total. The van der Waals surface area contributed by atoms with Gasteiger partial charge in [0.15, 0.2) is 6.04 Å². The molecule has 0 spiro atoms. The van der Waals surface area contributed by atoms with Crippen molar-refractivity contribution in [2.45, 2.75) is 26.3 Å². The molecule has 1 aromatic rings. The largest absolute Gasteiger partial charge is 0.480 e. The number of carboxylic acid groups (broad SMARTS) is 1. The number of amides is 1. The quantitative estimate of drug-likeness (QED) is 0.826. The zero-order valence-corrected chi connectivity index (χ0v) is 11.0. The molecule has 0 aliphatic rings. The van der Waals surface area contributed by atoms with Gasteiger partial charge in [-0.2, -0.15) is 0 Å². The summed E-state index contributed by atoms with van der Waals surface area (Å²) in [7, 11) is 0. The fourth-order valence-corrected chi connectivity index (χ4v) is 1.71. The van der Waals surface area contributed by atoms with E-state index in [0.29, 0.717) is 6.42 Å². The van der Waals surface area contributed by atoms with Crippen LogP contribution in [0.3, 0.4) is 0 Å². The van der Waals surface area contributed by atoms with Crippen LogP contribution >= 0.6 is 0 Å². The van der Waals surface area contributed by atoms with Crippen LogP contribution in [0.15, 0.2) is 30.3 Å². The molecule has 1 unspecified atom stereocenters. The van der Waals surface area contributed by atoms with Crippen LogP contribution in [-0.2, 0) is 16.0 Å². The van der Waals surface area contributed by atoms with E-state index in [1.807, 2.05) is 30.3 Å². The van der Waals surface area contributed by atoms with E-state index in [0.717, 1.165) is 5.56 Å². The zero-order valence-electron chi connectivity index (χ0n) is 11.0. The van der Waals surface area contributed by atoms with Gasteiger partial charge in [-0.1, -0.05) is 44.2 Å². The number of aliphatic carboxylic acids is 1. The van der Waals surface area contributed by atoms with E-state index in [4.69, 9.17) is 5.11 Å². The summed E-state index contributed by atoms with van der Waals surface area (Å²) >= 11 is 0. The Hall–Kier alpha value is -1.91. The lowest BCUT2D eigenvalue weighted by Crippen LogP contribution is -2.48. The summed E-state index contributed by atoms with van der Waals surface area (Å²) in [6.45, 7) is 2.28. The first-order valence-electron chi connectivity index (χ1n) is 6.00. The molecule has 1 atom stereocenters. The standard InChI is InChI=1S/C14H18FNO3/c1-14(2,8-10-6-4-3-5-7-10)13(19)16-11(9-15)12(17)18/h3-7,11H,8-9H2,1-2H3,(H,16,19)(H,17,18). The molecule has 1 aromatic carbocycles. The van der Waals surface area contributed by atoms with Crippen LogP contribution in [0.4, 0.5) is 4.39 Å². The number of halogens is 1. The van der Waals surface area contributed by atoms with E-state index < -0.39 is 30.0 Å². The zero-order chi connectivity index (χ0) is 14.5. The van der Waals surface area contributed by atoms with Gasteiger partial charge in [0.05, 0.1) is 0 Å². The number of carbonyl (C=O) groups excluding carboxylic acids is 1. The monoisotopic (exact) mass is 267 g/mol. The highest BCUT2D eigenvalue weighted by molar-refractivity contribution is 5.87. The number of hydrogen-bond acceptors (Lipinski definition) is 2. The third-order valence-electron chi connectivity index (χ3n) is 2.86. The van der Waals surface area contributed by atoms with Gasteiger partial charge in [-0.05, 0) is 12.0 Å². The molecular weight excluding hydrogens is 249 g/mol. The number of alkyl halides is 1. The highest BCUT2D eigenvalue weighted by Gasteiger charge is 2.31. The number of benzene rings is 1. The van der Waals surface area contributed by atoms with Gasteiger partial charge < -0.3 is 10.4 Å². The normalized spacial score (nSPS) is 12.8. The summed E-state index contributed by atoms with van der Waals surface area (Å²) < 4.78 is 12.5. The summed E-state index contributed by atoms with van der Waals surface area (Å²) in [6.07, 6.45) is 0.457. The van der Waals surface area contributed by atoms with Crippen LogP contribution in [0.25, 0.3) is 0 Å².